The number of nitrogens with one attached hydrogen (secondary N) is 2. The molecule has 4 nitrogen and oxygen atoms in total. The van der Waals surface area contributed by atoms with Gasteiger partial charge in [0, 0.05) is 11.6 Å². The van der Waals surface area contributed by atoms with Crippen molar-refractivity contribution in [2.45, 2.75) is 13.5 Å². The molecule has 0 unspecified atom stereocenters. The molecule has 3 rings (SSSR count). The number of hydrogen-bond acceptors (Lipinski definition) is 3. The molecular formula is C20H17ClN2O2S. The van der Waals surface area contributed by atoms with Gasteiger partial charge in [-0.15, -0.1) is 11.3 Å². The van der Waals surface area contributed by atoms with Crippen molar-refractivity contribution in [1.29, 1.82) is 0 Å². The van der Waals surface area contributed by atoms with Crippen molar-refractivity contribution in [2.75, 3.05) is 5.32 Å². The first-order chi connectivity index (χ1) is 12.5. The van der Waals surface area contributed by atoms with Gasteiger partial charge in [-0.2, -0.15) is 0 Å². The number of hydrogen-bond donors (Lipinski definition) is 2. The van der Waals surface area contributed by atoms with Crippen LogP contribution >= 0.6 is 22.9 Å². The largest absolute Gasteiger partial charge is 0.348 e. The molecule has 0 aliphatic rings. The molecule has 0 saturated heterocycles. The Morgan fingerprint density at radius 3 is 2.58 bits per heavy atom. The van der Waals surface area contributed by atoms with Crippen molar-refractivity contribution in [3.63, 3.8) is 0 Å². The van der Waals surface area contributed by atoms with Crippen LogP contribution in [0.1, 0.15) is 31.2 Å². The average Bonchev–Trinajstić information content (AvgIpc) is 3.16. The van der Waals surface area contributed by atoms with E-state index in [0.717, 1.165) is 11.1 Å². The number of anilines is 1. The maximum Gasteiger partial charge on any atom is 0.265 e. The Labute approximate surface area is 160 Å². The number of carbonyl (C=O) groups excluding carboxylic acids is 2. The first kappa shape index (κ1) is 18.2. The average molecular weight is 385 g/mol. The fourth-order valence-corrected chi connectivity index (χ4v) is 3.28. The summed E-state index contributed by atoms with van der Waals surface area (Å²) in [7, 11) is 0. The van der Waals surface area contributed by atoms with Gasteiger partial charge in [0.2, 0.25) is 0 Å². The van der Waals surface area contributed by atoms with Gasteiger partial charge in [-0.05, 0) is 47.7 Å². The molecule has 0 fully saturated rings. The Kier molecular flexibility index (Phi) is 5.71. The lowest BCUT2D eigenvalue weighted by atomic mass is 10.1. The molecule has 0 aliphatic carbocycles. The van der Waals surface area contributed by atoms with Crippen LogP contribution in [0.25, 0.3) is 0 Å². The molecule has 0 radical (unpaired) electrons. The highest BCUT2D eigenvalue weighted by molar-refractivity contribution is 7.12. The fraction of sp³-hybridized carbons (Fsp3) is 0.100. The van der Waals surface area contributed by atoms with E-state index in [1.165, 1.54) is 11.3 Å². The molecule has 3 aromatic rings. The van der Waals surface area contributed by atoms with Crippen LogP contribution in [-0.2, 0) is 6.54 Å². The van der Waals surface area contributed by atoms with Crippen molar-refractivity contribution in [3.05, 3.63) is 86.6 Å². The van der Waals surface area contributed by atoms with Gasteiger partial charge < -0.3 is 10.6 Å². The van der Waals surface area contributed by atoms with Crippen LogP contribution in [-0.4, -0.2) is 11.8 Å². The highest BCUT2D eigenvalue weighted by Gasteiger charge is 2.15. The third-order valence-electron chi connectivity index (χ3n) is 3.92. The Morgan fingerprint density at radius 2 is 1.85 bits per heavy atom. The zero-order valence-corrected chi connectivity index (χ0v) is 15.7. The number of halogens is 1. The van der Waals surface area contributed by atoms with Crippen molar-refractivity contribution in [1.82, 2.24) is 5.32 Å². The monoisotopic (exact) mass is 384 g/mol. The summed E-state index contributed by atoms with van der Waals surface area (Å²) in [6.07, 6.45) is 0. The summed E-state index contributed by atoms with van der Waals surface area (Å²) >= 11 is 7.38. The normalized spacial score (nSPS) is 10.4. The van der Waals surface area contributed by atoms with Gasteiger partial charge in [-0.3, -0.25) is 9.59 Å². The molecule has 2 N–H and O–H groups in total. The molecule has 2 aromatic carbocycles. The van der Waals surface area contributed by atoms with Crippen LogP contribution in [0, 0.1) is 6.92 Å². The second-order valence-corrected chi connectivity index (χ2v) is 7.11. The van der Waals surface area contributed by atoms with Gasteiger partial charge in [-0.1, -0.05) is 41.9 Å². The van der Waals surface area contributed by atoms with Crippen molar-refractivity contribution in [2.24, 2.45) is 0 Å². The topological polar surface area (TPSA) is 58.2 Å². The van der Waals surface area contributed by atoms with Crippen molar-refractivity contribution >= 4 is 40.4 Å². The molecule has 6 heteroatoms. The highest BCUT2D eigenvalue weighted by Crippen LogP contribution is 2.23. The lowest BCUT2D eigenvalue weighted by Gasteiger charge is -2.12. The molecule has 0 bridgehead atoms. The van der Waals surface area contributed by atoms with Crippen LogP contribution in [0.15, 0.2) is 60.0 Å². The van der Waals surface area contributed by atoms with Crippen LogP contribution in [0.5, 0.6) is 0 Å². The van der Waals surface area contributed by atoms with Crippen LogP contribution < -0.4 is 10.6 Å². The summed E-state index contributed by atoms with van der Waals surface area (Å²) in [5.74, 6) is -0.540. The van der Waals surface area contributed by atoms with Crippen LogP contribution in [0.4, 0.5) is 5.69 Å². The number of amides is 2. The first-order valence-electron chi connectivity index (χ1n) is 8.01. The molecular weight excluding hydrogens is 368 g/mol. The van der Waals surface area contributed by atoms with Crippen LogP contribution in [0.2, 0.25) is 5.02 Å². The lowest BCUT2D eigenvalue weighted by molar-refractivity contribution is 0.0952. The van der Waals surface area contributed by atoms with Gasteiger partial charge in [0.05, 0.1) is 16.1 Å². The van der Waals surface area contributed by atoms with E-state index in [2.05, 4.69) is 10.6 Å². The lowest BCUT2D eigenvalue weighted by Crippen LogP contribution is -2.25. The number of benzene rings is 2. The van der Waals surface area contributed by atoms with E-state index in [1.54, 1.807) is 30.3 Å². The number of carbonyl (C=O) groups is 2. The quantitative estimate of drug-likeness (QED) is 0.657. The molecule has 132 valence electrons. The molecule has 1 aromatic heterocycles. The summed E-state index contributed by atoms with van der Waals surface area (Å²) in [5, 5.41) is 7.93. The fourth-order valence-electron chi connectivity index (χ4n) is 2.49. The maximum atomic E-state index is 12.6. The summed E-state index contributed by atoms with van der Waals surface area (Å²) in [6.45, 7) is 2.41. The van der Waals surface area contributed by atoms with Crippen LogP contribution in [0.3, 0.4) is 0 Å². The smallest absolute Gasteiger partial charge is 0.265 e. The Morgan fingerprint density at radius 1 is 1.04 bits per heavy atom. The van der Waals surface area contributed by atoms with E-state index >= 15 is 0 Å². The van der Waals surface area contributed by atoms with Crippen molar-refractivity contribution < 1.29 is 9.59 Å². The van der Waals surface area contributed by atoms with E-state index in [4.69, 9.17) is 11.6 Å². The Hall–Kier alpha value is -2.63. The Balaban J connectivity index is 1.77. The highest BCUT2D eigenvalue weighted by atomic mass is 35.5. The molecule has 26 heavy (non-hydrogen) atoms. The van der Waals surface area contributed by atoms with E-state index in [9.17, 15) is 9.59 Å². The van der Waals surface area contributed by atoms with E-state index < -0.39 is 0 Å². The van der Waals surface area contributed by atoms with Gasteiger partial charge in [-0.25, -0.2) is 0 Å². The van der Waals surface area contributed by atoms with E-state index in [0.29, 0.717) is 27.7 Å². The van der Waals surface area contributed by atoms with Gasteiger partial charge in [0.15, 0.2) is 0 Å². The number of thiophene rings is 1. The van der Waals surface area contributed by atoms with Gasteiger partial charge in [0.1, 0.15) is 0 Å². The minimum atomic E-state index is -0.272. The molecule has 1 heterocycles. The second kappa shape index (κ2) is 8.17. The second-order valence-electron chi connectivity index (χ2n) is 5.73. The number of rotatable bonds is 5. The summed E-state index contributed by atoms with van der Waals surface area (Å²) in [6, 6.07) is 16.2. The predicted octanol–water partition coefficient (Wildman–Crippen LogP) is 4.89. The molecule has 0 saturated carbocycles. The van der Waals surface area contributed by atoms with E-state index in [1.807, 2.05) is 36.6 Å². The van der Waals surface area contributed by atoms with E-state index in [-0.39, 0.29) is 11.8 Å². The zero-order chi connectivity index (χ0) is 18.5. The molecule has 0 atom stereocenters. The molecule has 0 aliphatic heterocycles. The van der Waals surface area contributed by atoms with Gasteiger partial charge in [0.25, 0.3) is 11.8 Å². The third-order valence-corrected chi connectivity index (χ3v) is 5.02. The first-order valence-corrected chi connectivity index (χ1v) is 9.27. The molecule has 2 amide bonds. The SMILES string of the molecule is Cc1ccccc1CNC(=O)c1ccc(Cl)cc1NC(=O)c1cccs1. The van der Waals surface area contributed by atoms with Gasteiger partial charge >= 0.3 is 0 Å². The summed E-state index contributed by atoms with van der Waals surface area (Å²) < 4.78 is 0. The minimum absolute atomic E-state index is 0.268. The minimum Gasteiger partial charge on any atom is -0.348 e. The zero-order valence-electron chi connectivity index (χ0n) is 14.1. The predicted molar refractivity (Wildman–Crippen MR) is 106 cm³/mol. The third kappa shape index (κ3) is 4.31. The maximum absolute atomic E-state index is 12.6. The van der Waals surface area contributed by atoms with Crippen molar-refractivity contribution in [3.8, 4) is 0 Å². The number of aryl methyl sites for hydroxylation is 1. The summed E-state index contributed by atoms with van der Waals surface area (Å²) in [5.41, 5.74) is 2.90. The molecule has 0 spiro atoms. The summed E-state index contributed by atoms with van der Waals surface area (Å²) in [4.78, 5) is 25.5. The standard InChI is InChI=1S/C20H17ClN2O2S/c1-13-5-2-3-6-14(13)12-22-19(24)16-9-8-15(21)11-17(16)23-20(25)18-7-4-10-26-18/h2-11H,12H2,1H3,(H,22,24)(H,23,25). The Bertz CT molecular complexity index is 939.